The number of halogens is 1. The van der Waals surface area contributed by atoms with Gasteiger partial charge in [0, 0.05) is 0 Å². The van der Waals surface area contributed by atoms with E-state index in [0.29, 0.717) is 0 Å². The molecular formula is C12H21F. The Bertz CT molecular complexity index is 161. The standard InChI is InChI=1S/C12H21F/c1-9-6-12(9)3-2-10-7-11(8-10)4-5-13/h9-12H,2-8H2,1H3. The maximum atomic E-state index is 12.0. The fourth-order valence-electron chi connectivity index (χ4n) is 2.75. The Labute approximate surface area is 80.9 Å². The first-order valence-electron chi connectivity index (χ1n) is 5.85. The molecule has 1 heteroatoms. The van der Waals surface area contributed by atoms with Crippen molar-refractivity contribution in [3.05, 3.63) is 0 Å². The zero-order valence-electron chi connectivity index (χ0n) is 8.64. The molecule has 0 aromatic carbocycles. The van der Waals surface area contributed by atoms with Crippen molar-refractivity contribution >= 4 is 0 Å². The van der Waals surface area contributed by atoms with E-state index >= 15 is 0 Å². The highest BCUT2D eigenvalue weighted by atomic mass is 19.1. The van der Waals surface area contributed by atoms with Crippen molar-refractivity contribution in [2.45, 2.75) is 45.4 Å². The van der Waals surface area contributed by atoms with Crippen LogP contribution in [0.25, 0.3) is 0 Å². The van der Waals surface area contributed by atoms with Gasteiger partial charge in [0.2, 0.25) is 0 Å². The molecule has 0 nitrogen and oxygen atoms in total. The molecule has 2 aliphatic rings. The summed E-state index contributed by atoms with van der Waals surface area (Å²) in [6.07, 6.45) is 7.83. The monoisotopic (exact) mass is 184 g/mol. The van der Waals surface area contributed by atoms with Crippen LogP contribution in [0.4, 0.5) is 4.39 Å². The van der Waals surface area contributed by atoms with Crippen molar-refractivity contribution in [3.63, 3.8) is 0 Å². The predicted molar refractivity (Wildman–Crippen MR) is 53.3 cm³/mol. The summed E-state index contributed by atoms with van der Waals surface area (Å²) < 4.78 is 12.0. The summed E-state index contributed by atoms with van der Waals surface area (Å²) >= 11 is 0. The molecule has 0 spiro atoms. The van der Waals surface area contributed by atoms with Gasteiger partial charge in [-0.05, 0) is 55.8 Å². The molecule has 0 saturated heterocycles. The van der Waals surface area contributed by atoms with Gasteiger partial charge in [0.1, 0.15) is 0 Å². The Kier molecular flexibility index (Phi) is 2.90. The maximum absolute atomic E-state index is 12.0. The highest BCUT2D eigenvalue weighted by molar-refractivity contribution is 4.85. The van der Waals surface area contributed by atoms with Gasteiger partial charge in [-0.1, -0.05) is 13.3 Å². The summed E-state index contributed by atoms with van der Waals surface area (Å²) in [4.78, 5) is 0. The molecule has 0 aromatic rings. The quantitative estimate of drug-likeness (QED) is 0.609. The van der Waals surface area contributed by atoms with Crippen LogP contribution in [-0.2, 0) is 0 Å². The fourth-order valence-corrected chi connectivity index (χ4v) is 2.75. The van der Waals surface area contributed by atoms with Gasteiger partial charge in [-0.2, -0.15) is 0 Å². The fraction of sp³-hybridized carbons (Fsp3) is 1.00. The molecule has 13 heavy (non-hydrogen) atoms. The Morgan fingerprint density at radius 3 is 2.15 bits per heavy atom. The summed E-state index contributed by atoms with van der Waals surface area (Å²) in [5.41, 5.74) is 0. The minimum Gasteiger partial charge on any atom is -0.251 e. The Morgan fingerprint density at radius 2 is 1.62 bits per heavy atom. The highest BCUT2D eigenvalue weighted by Gasteiger charge is 2.34. The van der Waals surface area contributed by atoms with Crippen LogP contribution in [0.1, 0.15) is 45.4 Å². The van der Waals surface area contributed by atoms with Crippen LogP contribution in [0.5, 0.6) is 0 Å². The molecule has 2 fully saturated rings. The molecule has 0 N–H and O–H groups in total. The number of rotatable bonds is 5. The van der Waals surface area contributed by atoms with Gasteiger partial charge in [-0.15, -0.1) is 0 Å². The van der Waals surface area contributed by atoms with Crippen LogP contribution in [0.3, 0.4) is 0 Å². The first kappa shape index (κ1) is 9.48. The summed E-state index contributed by atoms with van der Waals surface area (Å²) in [5.74, 6) is 3.78. The normalized spacial score (nSPS) is 42.9. The van der Waals surface area contributed by atoms with Crippen LogP contribution < -0.4 is 0 Å². The zero-order chi connectivity index (χ0) is 9.26. The SMILES string of the molecule is CC1CC1CCC1CC(CCF)C1. The summed E-state index contributed by atoms with van der Waals surface area (Å²) in [5, 5.41) is 0. The van der Waals surface area contributed by atoms with Gasteiger partial charge in [-0.3, -0.25) is 4.39 Å². The molecule has 2 rings (SSSR count). The molecule has 0 aliphatic heterocycles. The van der Waals surface area contributed by atoms with Gasteiger partial charge < -0.3 is 0 Å². The Hall–Kier alpha value is -0.0700. The van der Waals surface area contributed by atoms with Crippen molar-refractivity contribution in [1.29, 1.82) is 0 Å². The largest absolute Gasteiger partial charge is 0.251 e. The van der Waals surface area contributed by atoms with E-state index in [0.717, 1.165) is 30.1 Å². The summed E-state index contributed by atoms with van der Waals surface area (Å²) in [7, 11) is 0. The van der Waals surface area contributed by atoms with Crippen LogP contribution in [-0.4, -0.2) is 6.67 Å². The molecule has 0 radical (unpaired) electrons. The minimum absolute atomic E-state index is 0.100. The Morgan fingerprint density at radius 1 is 1.00 bits per heavy atom. The van der Waals surface area contributed by atoms with E-state index in [2.05, 4.69) is 6.92 Å². The lowest BCUT2D eigenvalue weighted by molar-refractivity contribution is 0.156. The van der Waals surface area contributed by atoms with E-state index in [-0.39, 0.29) is 6.67 Å². The summed E-state index contributed by atoms with van der Waals surface area (Å²) in [6.45, 7) is 2.26. The molecule has 0 bridgehead atoms. The average molecular weight is 184 g/mol. The molecule has 0 amide bonds. The lowest BCUT2D eigenvalue weighted by Crippen LogP contribution is -2.24. The lowest BCUT2D eigenvalue weighted by atomic mass is 9.71. The first-order chi connectivity index (χ1) is 6.29. The van der Waals surface area contributed by atoms with Crippen molar-refractivity contribution in [3.8, 4) is 0 Å². The molecule has 2 unspecified atom stereocenters. The molecule has 2 atom stereocenters. The van der Waals surface area contributed by atoms with Crippen molar-refractivity contribution in [1.82, 2.24) is 0 Å². The summed E-state index contributed by atoms with van der Waals surface area (Å²) in [6, 6.07) is 0. The minimum atomic E-state index is -0.100. The van der Waals surface area contributed by atoms with Crippen molar-refractivity contribution < 1.29 is 4.39 Å². The average Bonchev–Trinajstić information content (AvgIpc) is 2.72. The van der Waals surface area contributed by atoms with E-state index in [1.807, 2.05) is 0 Å². The zero-order valence-corrected chi connectivity index (χ0v) is 8.64. The first-order valence-corrected chi connectivity index (χ1v) is 5.85. The third-order valence-electron chi connectivity index (χ3n) is 4.07. The highest BCUT2D eigenvalue weighted by Crippen LogP contribution is 2.45. The topological polar surface area (TPSA) is 0 Å². The number of hydrogen-bond acceptors (Lipinski definition) is 0. The molecule has 0 heterocycles. The van der Waals surface area contributed by atoms with E-state index in [4.69, 9.17) is 0 Å². The predicted octanol–water partition coefficient (Wildman–Crippen LogP) is 3.81. The van der Waals surface area contributed by atoms with Gasteiger partial charge in [0.25, 0.3) is 0 Å². The van der Waals surface area contributed by atoms with Gasteiger partial charge in [0.15, 0.2) is 0 Å². The Balaban J connectivity index is 1.50. The lowest BCUT2D eigenvalue weighted by Gasteiger charge is -2.35. The molecule has 0 aromatic heterocycles. The van der Waals surface area contributed by atoms with Crippen LogP contribution in [0, 0.1) is 23.7 Å². The van der Waals surface area contributed by atoms with Crippen LogP contribution in [0.15, 0.2) is 0 Å². The second-order valence-corrected chi connectivity index (χ2v) is 5.23. The number of alkyl halides is 1. The maximum Gasteiger partial charge on any atom is 0.0897 e. The second-order valence-electron chi connectivity index (χ2n) is 5.23. The van der Waals surface area contributed by atoms with E-state index < -0.39 is 0 Å². The van der Waals surface area contributed by atoms with Crippen LogP contribution >= 0.6 is 0 Å². The molecule has 2 aliphatic carbocycles. The van der Waals surface area contributed by atoms with Gasteiger partial charge in [-0.25, -0.2) is 0 Å². The van der Waals surface area contributed by atoms with Gasteiger partial charge in [0.05, 0.1) is 6.67 Å². The molecule has 2 saturated carbocycles. The van der Waals surface area contributed by atoms with Crippen LogP contribution in [0.2, 0.25) is 0 Å². The third kappa shape index (κ3) is 2.45. The van der Waals surface area contributed by atoms with E-state index in [1.165, 1.54) is 32.1 Å². The second kappa shape index (κ2) is 3.98. The molecular weight excluding hydrogens is 163 g/mol. The molecule has 76 valence electrons. The smallest absolute Gasteiger partial charge is 0.0897 e. The third-order valence-corrected chi connectivity index (χ3v) is 4.07. The van der Waals surface area contributed by atoms with E-state index in [1.54, 1.807) is 0 Å². The van der Waals surface area contributed by atoms with Crippen molar-refractivity contribution in [2.75, 3.05) is 6.67 Å². The van der Waals surface area contributed by atoms with Crippen molar-refractivity contribution in [2.24, 2.45) is 23.7 Å². The van der Waals surface area contributed by atoms with Gasteiger partial charge >= 0.3 is 0 Å². The van der Waals surface area contributed by atoms with E-state index in [9.17, 15) is 4.39 Å². The number of hydrogen-bond donors (Lipinski definition) is 0.